The van der Waals surface area contributed by atoms with E-state index in [0.717, 1.165) is 28.2 Å². The molecule has 3 nitrogen and oxygen atoms in total. The first-order valence-corrected chi connectivity index (χ1v) is 6.48. The van der Waals surface area contributed by atoms with Crippen LogP contribution < -0.4 is 5.73 Å². The second kappa shape index (κ2) is 4.94. The Bertz CT molecular complexity index is 500. The molecule has 0 aromatic carbocycles. The van der Waals surface area contributed by atoms with E-state index in [4.69, 9.17) is 5.73 Å². The van der Waals surface area contributed by atoms with E-state index in [1.165, 1.54) is 4.88 Å². The summed E-state index contributed by atoms with van der Waals surface area (Å²) in [6, 6.07) is 2.07. The van der Waals surface area contributed by atoms with Gasteiger partial charge in [-0.3, -0.25) is 4.98 Å². The molecule has 0 spiro atoms. The average molecular weight is 247 g/mol. The van der Waals surface area contributed by atoms with Gasteiger partial charge >= 0.3 is 0 Å². The SMILES string of the molecule is Cc1cncc(C(N)Cc2nc(C)c(C)s2)c1. The van der Waals surface area contributed by atoms with Crippen LogP contribution in [0.25, 0.3) is 0 Å². The number of thiazole rings is 1. The van der Waals surface area contributed by atoms with Gasteiger partial charge in [0.2, 0.25) is 0 Å². The second-order valence-corrected chi connectivity index (χ2v) is 5.64. The maximum atomic E-state index is 6.18. The van der Waals surface area contributed by atoms with Crippen LogP contribution in [0.4, 0.5) is 0 Å². The van der Waals surface area contributed by atoms with Gasteiger partial charge in [-0.1, -0.05) is 6.07 Å². The predicted molar refractivity (Wildman–Crippen MR) is 71.2 cm³/mol. The van der Waals surface area contributed by atoms with Crippen LogP contribution in [-0.4, -0.2) is 9.97 Å². The fourth-order valence-electron chi connectivity index (χ4n) is 1.71. The Morgan fingerprint density at radius 3 is 2.65 bits per heavy atom. The average Bonchev–Trinajstić information content (AvgIpc) is 2.58. The lowest BCUT2D eigenvalue weighted by Crippen LogP contribution is -2.13. The number of nitrogens with two attached hydrogens (primary N) is 1. The van der Waals surface area contributed by atoms with Gasteiger partial charge in [-0.05, 0) is 31.9 Å². The van der Waals surface area contributed by atoms with Crippen molar-refractivity contribution in [3.63, 3.8) is 0 Å². The lowest BCUT2D eigenvalue weighted by atomic mass is 10.1. The van der Waals surface area contributed by atoms with Crippen molar-refractivity contribution in [2.24, 2.45) is 5.73 Å². The highest BCUT2D eigenvalue weighted by molar-refractivity contribution is 7.11. The number of hydrogen-bond acceptors (Lipinski definition) is 4. The van der Waals surface area contributed by atoms with E-state index in [1.54, 1.807) is 11.3 Å². The molecule has 0 saturated heterocycles. The summed E-state index contributed by atoms with van der Waals surface area (Å²) in [6.45, 7) is 6.16. The normalized spacial score (nSPS) is 12.7. The van der Waals surface area contributed by atoms with Crippen LogP contribution in [-0.2, 0) is 6.42 Å². The number of rotatable bonds is 3. The monoisotopic (exact) mass is 247 g/mol. The molecule has 0 aliphatic heterocycles. The quantitative estimate of drug-likeness (QED) is 0.907. The highest BCUT2D eigenvalue weighted by Crippen LogP contribution is 2.22. The fraction of sp³-hybridized carbons (Fsp3) is 0.385. The Morgan fingerprint density at radius 1 is 1.29 bits per heavy atom. The third-order valence-corrected chi connectivity index (χ3v) is 3.89. The Kier molecular flexibility index (Phi) is 3.54. The van der Waals surface area contributed by atoms with Gasteiger partial charge in [0.25, 0.3) is 0 Å². The Labute approximate surface area is 106 Å². The largest absolute Gasteiger partial charge is 0.324 e. The summed E-state index contributed by atoms with van der Waals surface area (Å²) in [5.41, 5.74) is 9.51. The molecule has 2 rings (SSSR count). The molecule has 0 fully saturated rings. The molecule has 1 unspecified atom stereocenters. The van der Waals surface area contributed by atoms with Crippen molar-refractivity contribution in [1.82, 2.24) is 9.97 Å². The minimum Gasteiger partial charge on any atom is -0.324 e. The Balaban J connectivity index is 2.14. The molecular formula is C13H17N3S. The van der Waals surface area contributed by atoms with E-state index < -0.39 is 0 Å². The predicted octanol–water partition coefficient (Wildman–Crippen LogP) is 2.71. The minimum atomic E-state index is -0.0210. The topological polar surface area (TPSA) is 51.8 Å². The van der Waals surface area contributed by atoms with Crippen molar-refractivity contribution in [2.75, 3.05) is 0 Å². The molecule has 0 bridgehead atoms. The maximum Gasteiger partial charge on any atom is 0.0949 e. The first kappa shape index (κ1) is 12.2. The molecule has 2 heterocycles. The summed E-state index contributed by atoms with van der Waals surface area (Å²) in [4.78, 5) is 9.96. The van der Waals surface area contributed by atoms with Gasteiger partial charge in [-0.15, -0.1) is 11.3 Å². The van der Waals surface area contributed by atoms with Gasteiger partial charge < -0.3 is 5.73 Å². The first-order valence-electron chi connectivity index (χ1n) is 5.66. The van der Waals surface area contributed by atoms with E-state index in [-0.39, 0.29) is 6.04 Å². The van der Waals surface area contributed by atoms with Crippen LogP contribution in [0.2, 0.25) is 0 Å². The number of pyridine rings is 1. The fourth-order valence-corrected chi connectivity index (χ4v) is 2.71. The Hall–Kier alpha value is -1.26. The molecule has 0 saturated carbocycles. The van der Waals surface area contributed by atoms with Gasteiger partial charge in [0.05, 0.1) is 10.7 Å². The number of nitrogens with zero attached hydrogens (tertiary/aromatic N) is 2. The van der Waals surface area contributed by atoms with E-state index in [2.05, 4.69) is 23.0 Å². The Morgan fingerprint density at radius 2 is 2.06 bits per heavy atom. The second-order valence-electron chi connectivity index (χ2n) is 4.36. The lowest BCUT2D eigenvalue weighted by molar-refractivity contribution is 0.712. The number of aromatic nitrogens is 2. The van der Waals surface area contributed by atoms with Crippen molar-refractivity contribution in [3.8, 4) is 0 Å². The molecule has 17 heavy (non-hydrogen) atoms. The molecule has 0 aliphatic rings. The highest BCUT2D eigenvalue weighted by atomic mass is 32.1. The zero-order chi connectivity index (χ0) is 12.4. The van der Waals surface area contributed by atoms with Crippen LogP contribution in [0, 0.1) is 20.8 Å². The van der Waals surface area contributed by atoms with Crippen molar-refractivity contribution >= 4 is 11.3 Å². The molecule has 4 heteroatoms. The van der Waals surface area contributed by atoms with E-state index >= 15 is 0 Å². The van der Waals surface area contributed by atoms with Crippen LogP contribution in [0.15, 0.2) is 18.5 Å². The zero-order valence-corrected chi connectivity index (χ0v) is 11.2. The van der Waals surface area contributed by atoms with Crippen LogP contribution in [0.5, 0.6) is 0 Å². The van der Waals surface area contributed by atoms with E-state index in [1.807, 2.05) is 26.2 Å². The molecule has 0 aliphatic carbocycles. The molecule has 90 valence electrons. The summed E-state index contributed by atoms with van der Waals surface area (Å²) in [5, 5.41) is 1.11. The molecule has 0 radical (unpaired) electrons. The van der Waals surface area contributed by atoms with Crippen LogP contribution >= 0.6 is 11.3 Å². The number of aryl methyl sites for hydroxylation is 3. The van der Waals surface area contributed by atoms with Crippen molar-refractivity contribution in [3.05, 3.63) is 45.2 Å². The molecule has 2 N–H and O–H groups in total. The summed E-state index contributed by atoms with van der Waals surface area (Å²) in [7, 11) is 0. The van der Waals surface area contributed by atoms with Crippen molar-refractivity contribution < 1.29 is 0 Å². The smallest absolute Gasteiger partial charge is 0.0949 e. The zero-order valence-electron chi connectivity index (χ0n) is 10.4. The van der Waals surface area contributed by atoms with Crippen LogP contribution in [0.3, 0.4) is 0 Å². The first-order chi connectivity index (χ1) is 8.06. The maximum absolute atomic E-state index is 6.18. The third-order valence-electron chi connectivity index (χ3n) is 2.79. The summed E-state index contributed by atoms with van der Waals surface area (Å²) in [6.07, 6.45) is 4.46. The van der Waals surface area contributed by atoms with E-state index in [0.29, 0.717) is 0 Å². The summed E-state index contributed by atoms with van der Waals surface area (Å²) >= 11 is 1.73. The van der Waals surface area contributed by atoms with Gasteiger partial charge in [-0.25, -0.2) is 4.98 Å². The highest BCUT2D eigenvalue weighted by Gasteiger charge is 2.11. The molecule has 2 aromatic rings. The lowest BCUT2D eigenvalue weighted by Gasteiger charge is -2.10. The van der Waals surface area contributed by atoms with Gasteiger partial charge in [0.15, 0.2) is 0 Å². The summed E-state index contributed by atoms with van der Waals surface area (Å²) in [5.74, 6) is 0. The van der Waals surface area contributed by atoms with E-state index in [9.17, 15) is 0 Å². The standard InChI is InChI=1S/C13H17N3S/c1-8-4-11(7-15-6-8)12(14)5-13-16-9(2)10(3)17-13/h4,6-7,12H,5,14H2,1-3H3. The molecule has 0 amide bonds. The third kappa shape index (κ3) is 2.90. The van der Waals surface area contributed by atoms with Gasteiger partial charge in [0.1, 0.15) is 0 Å². The van der Waals surface area contributed by atoms with Crippen molar-refractivity contribution in [1.29, 1.82) is 0 Å². The molecule has 2 aromatic heterocycles. The minimum absolute atomic E-state index is 0.0210. The van der Waals surface area contributed by atoms with Crippen molar-refractivity contribution in [2.45, 2.75) is 33.2 Å². The molecular weight excluding hydrogens is 230 g/mol. The summed E-state index contributed by atoms with van der Waals surface area (Å²) < 4.78 is 0. The van der Waals surface area contributed by atoms with Gasteiger partial charge in [-0.2, -0.15) is 0 Å². The van der Waals surface area contributed by atoms with Gasteiger partial charge in [0, 0.05) is 29.7 Å². The molecule has 1 atom stereocenters. The van der Waals surface area contributed by atoms with Crippen LogP contribution in [0.1, 0.15) is 32.7 Å². The number of hydrogen-bond donors (Lipinski definition) is 1.